The predicted octanol–water partition coefficient (Wildman–Crippen LogP) is 4.75. The molecule has 4 aliphatic rings. The van der Waals surface area contributed by atoms with E-state index in [2.05, 4.69) is 15.4 Å². The van der Waals surface area contributed by atoms with E-state index in [1.54, 1.807) is 31.4 Å². The number of methoxy groups -OCH3 is 1. The molecule has 4 saturated carbocycles. The van der Waals surface area contributed by atoms with Gasteiger partial charge in [-0.1, -0.05) is 6.07 Å². The lowest BCUT2D eigenvalue weighted by atomic mass is 9.53. The predicted molar refractivity (Wildman–Crippen MR) is 131 cm³/mol. The van der Waals surface area contributed by atoms with Crippen molar-refractivity contribution in [3.8, 4) is 5.75 Å². The van der Waals surface area contributed by atoms with E-state index in [1.165, 1.54) is 19.3 Å². The Balaban J connectivity index is 1.23. The quantitative estimate of drug-likeness (QED) is 0.528. The summed E-state index contributed by atoms with van der Waals surface area (Å²) >= 11 is 5.38. The van der Waals surface area contributed by atoms with Crippen LogP contribution >= 0.6 is 12.2 Å². The molecule has 32 heavy (non-hydrogen) atoms. The molecule has 6 nitrogen and oxygen atoms in total. The highest BCUT2D eigenvalue weighted by atomic mass is 32.2. The summed E-state index contributed by atoms with van der Waals surface area (Å²) in [5.74, 6) is 2.80. The van der Waals surface area contributed by atoms with Gasteiger partial charge in [-0.25, -0.2) is 13.1 Å². The minimum atomic E-state index is -3.56. The average molecular weight is 472 g/mol. The highest BCUT2D eigenvalue weighted by molar-refractivity contribution is 7.89. The Morgan fingerprint density at radius 3 is 2.12 bits per heavy atom. The Bertz CT molecular complexity index is 1080. The molecule has 2 aromatic carbocycles. The lowest BCUT2D eigenvalue weighted by Crippen LogP contribution is -2.59. The molecule has 0 amide bonds. The fourth-order valence-corrected chi connectivity index (χ4v) is 7.96. The van der Waals surface area contributed by atoms with Crippen LogP contribution in [0.25, 0.3) is 0 Å². The van der Waals surface area contributed by atoms with Crippen LogP contribution in [0.3, 0.4) is 0 Å². The van der Waals surface area contributed by atoms with E-state index in [4.69, 9.17) is 17.0 Å². The van der Waals surface area contributed by atoms with Crippen LogP contribution in [0, 0.1) is 17.8 Å². The van der Waals surface area contributed by atoms with E-state index in [1.807, 2.05) is 24.3 Å². The summed E-state index contributed by atoms with van der Waals surface area (Å²) in [5.41, 5.74) is 1.28. The van der Waals surface area contributed by atoms with Gasteiger partial charge in [-0.15, -0.1) is 0 Å². The second kappa shape index (κ2) is 8.32. The van der Waals surface area contributed by atoms with Crippen LogP contribution in [0.5, 0.6) is 5.75 Å². The Hall–Kier alpha value is -2.16. The highest BCUT2D eigenvalue weighted by Gasteiger charge is 2.52. The SMILES string of the molecule is COc1cccc(NC(=S)Nc2ccc(S(=O)(=O)NC34CC5CC(CC(C5)C3)C4)cc2)c1. The number of ether oxygens (including phenoxy) is 1. The lowest BCUT2D eigenvalue weighted by Gasteiger charge is -2.56. The third-order valence-electron chi connectivity index (χ3n) is 7.14. The molecule has 4 fully saturated rings. The van der Waals surface area contributed by atoms with Gasteiger partial charge in [0, 0.05) is 23.0 Å². The third-order valence-corrected chi connectivity index (χ3v) is 8.94. The van der Waals surface area contributed by atoms with E-state index in [-0.39, 0.29) is 5.54 Å². The fourth-order valence-electron chi connectivity index (χ4n) is 6.29. The molecule has 4 aliphatic carbocycles. The molecule has 0 spiro atoms. The first kappa shape index (κ1) is 21.7. The van der Waals surface area contributed by atoms with Gasteiger partial charge in [-0.2, -0.15) is 0 Å². The maximum Gasteiger partial charge on any atom is 0.241 e. The number of benzene rings is 2. The first-order valence-corrected chi connectivity index (χ1v) is 13.1. The zero-order valence-corrected chi connectivity index (χ0v) is 19.8. The minimum Gasteiger partial charge on any atom is -0.497 e. The molecule has 2 aromatic rings. The van der Waals surface area contributed by atoms with Gasteiger partial charge in [-0.05, 0) is 105 Å². The molecule has 0 heterocycles. The molecule has 0 atom stereocenters. The van der Waals surface area contributed by atoms with Crippen LogP contribution in [0.4, 0.5) is 11.4 Å². The second-order valence-corrected chi connectivity index (χ2v) is 11.7. The Morgan fingerprint density at radius 1 is 0.938 bits per heavy atom. The van der Waals surface area contributed by atoms with Crippen LogP contribution in [0.1, 0.15) is 38.5 Å². The van der Waals surface area contributed by atoms with Crippen molar-refractivity contribution in [3.05, 3.63) is 48.5 Å². The number of hydrogen-bond acceptors (Lipinski definition) is 4. The van der Waals surface area contributed by atoms with Gasteiger partial charge in [0.25, 0.3) is 0 Å². The van der Waals surface area contributed by atoms with Gasteiger partial charge in [-0.3, -0.25) is 0 Å². The first-order chi connectivity index (χ1) is 15.3. The maximum absolute atomic E-state index is 13.2. The summed E-state index contributed by atoms with van der Waals surface area (Å²) < 4.78 is 34.7. The topological polar surface area (TPSA) is 79.5 Å². The van der Waals surface area contributed by atoms with Gasteiger partial charge in [0.2, 0.25) is 10.0 Å². The maximum atomic E-state index is 13.2. The number of hydrogen-bond donors (Lipinski definition) is 3. The standard InChI is InChI=1S/C24H29N3O3S2/c1-30-21-4-2-3-20(12-21)26-23(31)25-19-5-7-22(8-6-19)32(28,29)27-24-13-16-9-17(14-24)11-18(10-16)15-24/h2-8,12,16-18,27H,9-11,13-15H2,1H3,(H2,25,26,31). The van der Waals surface area contributed by atoms with Crippen LogP contribution in [-0.2, 0) is 10.0 Å². The zero-order valence-electron chi connectivity index (χ0n) is 18.1. The normalized spacial score (nSPS) is 28.3. The van der Waals surface area contributed by atoms with Gasteiger partial charge in [0.05, 0.1) is 12.0 Å². The first-order valence-electron chi connectivity index (χ1n) is 11.2. The molecule has 0 unspecified atom stereocenters. The largest absolute Gasteiger partial charge is 0.497 e. The van der Waals surface area contributed by atoms with Crippen molar-refractivity contribution in [1.82, 2.24) is 4.72 Å². The van der Waals surface area contributed by atoms with Crippen molar-refractivity contribution >= 4 is 38.7 Å². The van der Waals surface area contributed by atoms with Crippen molar-refractivity contribution in [1.29, 1.82) is 0 Å². The van der Waals surface area contributed by atoms with Crippen molar-refractivity contribution in [2.75, 3.05) is 17.7 Å². The number of rotatable bonds is 6. The molecule has 4 bridgehead atoms. The van der Waals surface area contributed by atoms with Gasteiger partial charge < -0.3 is 15.4 Å². The Labute approximate surface area is 195 Å². The Kier molecular flexibility index (Phi) is 5.63. The van der Waals surface area contributed by atoms with E-state index in [9.17, 15) is 8.42 Å². The number of thiocarbonyl (C=S) groups is 1. The summed E-state index contributed by atoms with van der Waals surface area (Å²) in [5, 5.41) is 6.62. The molecular formula is C24H29N3O3S2. The molecule has 0 aromatic heterocycles. The van der Waals surface area contributed by atoms with Crippen LogP contribution in [-0.4, -0.2) is 26.2 Å². The van der Waals surface area contributed by atoms with Gasteiger partial charge in [0.1, 0.15) is 5.75 Å². The lowest BCUT2D eigenvalue weighted by molar-refractivity contribution is -0.00810. The number of nitrogens with one attached hydrogen (secondary N) is 3. The van der Waals surface area contributed by atoms with E-state index < -0.39 is 10.0 Å². The molecule has 3 N–H and O–H groups in total. The average Bonchev–Trinajstić information content (AvgIpc) is 2.72. The highest BCUT2D eigenvalue weighted by Crippen LogP contribution is 2.55. The molecule has 170 valence electrons. The Morgan fingerprint density at radius 2 is 1.53 bits per heavy atom. The van der Waals surface area contributed by atoms with Crippen molar-refractivity contribution in [3.63, 3.8) is 0 Å². The summed E-state index contributed by atoms with van der Waals surface area (Å²) in [7, 11) is -1.95. The molecule has 0 aliphatic heterocycles. The summed E-state index contributed by atoms with van der Waals surface area (Å²) in [6.07, 6.45) is 6.81. The summed E-state index contributed by atoms with van der Waals surface area (Å²) in [6.45, 7) is 0. The van der Waals surface area contributed by atoms with E-state index >= 15 is 0 Å². The van der Waals surface area contributed by atoms with E-state index in [0.717, 1.165) is 36.4 Å². The molecule has 0 radical (unpaired) electrons. The van der Waals surface area contributed by atoms with Crippen LogP contribution < -0.4 is 20.1 Å². The van der Waals surface area contributed by atoms with Crippen LogP contribution in [0.2, 0.25) is 0 Å². The number of sulfonamides is 1. The van der Waals surface area contributed by atoms with Gasteiger partial charge >= 0.3 is 0 Å². The summed E-state index contributed by atoms with van der Waals surface area (Å²) in [6, 6.07) is 14.2. The monoisotopic (exact) mass is 471 g/mol. The van der Waals surface area contributed by atoms with Crippen molar-refractivity contribution in [2.24, 2.45) is 17.8 Å². The van der Waals surface area contributed by atoms with Crippen molar-refractivity contribution in [2.45, 2.75) is 49.0 Å². The molecule has 0 saturated heterocycles. The van der Waals surface area contributed by atoms with Crippen LogP contribution in [0.15, 0.2) is 53.4 Å². The fraction of sp³-hybridized carbons (Fsp3) is 0.458. The van der Waals surface area contributed by atoms with Gasteiger partial charge in [0.15, 0.2) is 5.11 Å². The summed E-state index contributed by atoms with van der Waals surface area (Å²) in [4.78, 5) is 0.297. The molecule has 8 heteroatoms. The molecule has 6 rings (SSSR count). The third kappa shape index (κ3) is 4.49. The van der Waals surface area contributed by atoms with E-state index in [0.29, 0.717) is 27.8 Å². The minimum absolute atomic E-state index is 0.243. The smallest absolute Gasteiger partial charge is 0.241 e. The zero-order chi connectivity index (χ0) is 22.3. The second-order valence-electron chi connectivity index (χ2n) is 9.64. The molecular weight excluding hydrogens is 442 g/mol. The van der Waals surface area contributed by atoms with Crippen molar-refractivity contribution < 1.29 is 13.2 Å². The number of anilines is 2.